The van der Waals surface area contributed by atoms with Gasteiger partial charge in [-0.2, -0.15) is 4.72 Å². The average molecular weight is 507 g/mol. The highest BCUT2D eigenvalue weighted by atomic mass is 35.5. The highest BCUT2D eigenvalue weighted by molar-refractivity contribution is 7.89. The van der Waals surface area contributed by atoms with Gasteiger partial charge in [-0.1, -0.05) is 23.7 Å². The molecule has 2 aromatic carbocycles. The first-order valence-electron chi connectivity index (χ1n) is 11.1. The zero-order chi connectivity index (χ0) is 24.6. The fraction of sp³-hybridized carbons (Fsp3) is 0.435. The maximum absolute atomic E-state index is 13.0. The summed E-state index contributed by atoms with van der Waals surface area (Å²) in [5.41, 5.74) is 0. The van der Waals surface area contributed by atoms with Gasteiger partial charge in [-0.15, -0.1) is 0 Å². The Labute approximate surface area is 203 Å². The van der Waals surface area contributed by atoms with E-state index in [1.165, 1.54) is 17.0 Å². The van der Waals surface area contributed by atoms with Crippen LogP contribution in [-0.4, -0.2) is 86.1 Å². The van der Waals surface area contributed by atoms with Crippen LogP contribution >= 0.6 is 11.6 Å². The second-order valence-corrected chi connectivity index (χ2v) is 10.9. The first kappa shape index (κ1) is 24.4. The molecular weight excluding hydrogens is 480 g/mol. The lowest BCUT2D eigenvalue weighted by atomic mass is 10.1. The summed E-state index contributed by atoms with van der Waals surface area (Å²) < 4.78 is 28.5. The highest BCUT2D eigenvalue weighted by Gasteiger charge is 2.40. The van der Waals surface area contributed by atoms with Gasteiger partial charge in [0, 0.05) is 44.7 Å². The molecule has 2 aliphatic heterocycles. The van der Waals surface area contributed by atoms with Crippen molar-refractivity contribution in [2.75, 3.05) is 33.2 Å². The number of likely N-dealkylation sites (tertiary alicyclic amines) is 1. The normalized spacial score (nSPS) is 20.7. The van der Waals surface area contributed by atoms with Gasteiger partial charge in [-0.05, 0) is 48.4 Å². The molecule has 2 heterocycles. The Balaban J connectivity index is 1.44. The molecule has 11 heteroatoms. The van der Waals surface area contributed by atoms with E-state index in [9.17, 15) is 22.8 Å². The topological polar surface area (TPSA) is 107 Å². The van der Waals surface area contributed by atoms with Crippen molar-refractivity contribution in [2.45, 2.75) is 36.7 Å². The van der Waals surface area contributed by atoms with E-state index in [0.717, 1.165) is 5.39 Å². The molecule has 9 nitrogen and oxygen atoms in total. The second kappa shape index (κ2) is 9.52. The number of carbonyl (C=O) groups is 3. The Morgan fingerprint density at radius 2 is 1.76 bits per heavy atom. The summed E-state index contributed by atoms with van der Waals surface area (Å²) in [4.78, 5) is 42.6. The van der Waals surface area contributed by atoms with Gasteiger partial charge in [-0.3, -0.25) is 14.4 Å². The van der Waals surface area contributed by atoms with E-state index in [1.807, 2.05) is 0 Å². The van der Waals surface area contributed by atoms with E-state index < -0.39 is 28.0 Å². The first-order valence-corrected chi connectivity index (χ1v) is 13.0. The van der Waals surface area contributed by atoms with Crippen LogP contribution in [0.25, 0.3) is 10.8 Å². The standard InChI is InChI=1S/C23H27ClN4O5S/c1-15(22(30)27-9-8-21(29)26(2)11-12-27)28-10-7-20(23(28)31)25-34(32,33)19-6-4-16-13-18(24)5-3-17(16)14-19/h3-6,13-15,20,25H,7-12H2,1-2H3/t15-,20-/m0/s1. The fourth-order valence-corrected chi connectivity index (χ4v) is 5.80. The number of nitrogens with one attached hydrogen (secondary N) is 1. The van der Waals surface area contributed by atoms with Crippen molar-refractivity contribution in [3.8, 4) is 0 Å². The molecule has 2 fully saturated rings. The third-order valence-corrected chi connectivity index (χ3v) is 8.19. The lowest BCUT2D eigenvalue weighted by Gasteiger charge is -2.29. The molecule has 0 radical (unpaired) electrons. The predicted octanol–water partition coefficient (Wildman–Crippen LogP) is 1.45. The van der Waals surface area contributed by atoms with E-state index in [4.69, 9.17) is 11.6 Å². The van der Waals surface area contributed by atoms with Crippen LogP contribution in [0.15, 0.2) is 41.3 Å². The van der Waals surface area contributed by atoms with Gasteiger partial charge in [-0.25, -0.2) is 8.42 Å². The van der Waals surface area contributed by atoms with Crippen LogP contribution in [0.2, 0.25) is 5.02 Å². The van der Waals surface area contributed by atoms with Crippen molar-refractivity contribution in [3.63, 3.8) is 0 Å². The Hall–Kier alpha value is -2.69. The maximum Gasteiger partial charge on any atom is 0.245 e. The van der Waals surface area contributed by atoms with Crippen molar-refractivity contribution < 1.29 is 22.8 Å². The van der Waals surface area contributed by atoms with Crippen LogP contribution in [-0.2, 0) is 24.4 Å². The summed E-state index contributed by atoms with van der Waals surface area (Å²) in [6, 6.07) is 8.16. The van der Waals surface area contributed by atoms with Crippen molar-refractivity contribution >= 4 is 50.1 Å². The molecule has 0 bridgehead atoms. The Morgan fingerprint density at radius 1 is 1.06 bits per heavy atom. The Bertz CT molecular complexity index is 1250. The van der Waals surface area contributed by atoms with Crippen LogP contribution in [0.3, 0.4) is 0 Å². The lowest BCUT2D eigenvalue weighted by Crippen LogP contribution is -2.50. The van der Waals surface area contributed by atoms with E-state index in [-0.39, 0.29) is 36.1 Å². The number of hydrogen-bond donors (Lipinski definition) is 1. The third-order valence-electron chi connectivity index (χ3n) is 6.48. The number of fused-ring (bicyclic) bond motifs is 1. The molecule has 2 aliphatic rings. The van der Waals surface area contributed by atoms with Gasteiger partial charge in [0.05, 0.1) is 4.90 Å². The molecular formula is C23H27ClN4O5S. The SMILES string of the molecule is C[C@@H](C(=O)N1CCC(=O)N(C)CC1)N1CC[C@H](NS(=O)(=O)c2ccc3cc(Cl)ccc3c2)C1=O. The molecule has 0 aromatic heterocycles. The summed E-state index contributed by atoms with van der Waals surface area (Å²) in [5.74, 6) is -0.695. The minimum atomic E-state index is -3.95. The van der Waals surface area contributed by atoms with Crippen LogP contribution in [0.1, 0.15) is 19.8 Å². The van der Waals surface area contributed by atoms with E-state index in [2.05, 4.69) is 4.72 Å². The zero-order valence-corrected chi connectivity index (χ0v) is 20.6. The van der Waals surface area contributed by atoms with Crippen LogP contribution in [0, 0.1) is 0 Å². The number of rotatable bonds is 5. The van der Waals surface area contributed by atoms with Crippen LogP contribution < -0.4 is 4.72 Å². The minimum Gasteiger partial charge on any atom is -0.344 e. The Kier molecular flexibility index (Phi) is 6.84. The average Bonchev–Trinajstić information content (AvgIpc) is 3.06. The number of halogens is 1. The number of sulfonamides is 1. The number of hydrogen-bond acceptors (Lipinski definition) is 5. The van der Waals surface area contributed by atoms with Crippen molar-refractivity contribution in [1.29, 1.82) is 0 Å². The summed E-state index contributed by atoms with van der Waals surface area (Å²) >= 11 is 5.99. The molecule has 4 rings (SSSR count). The number of carbonyl (C=O) groups excluding carboxylic acids is 3. The first-order chi connectivity index (χ1) is 16.1. The number of amides is 3. The van der Waals surface area contributed by atoms with Crippen LogP contribution in [0.5, 0.6) is 0 Å². The van der Waals surface area contributed by atoms with Crippen LogP contribution in [0.4, 0.5) is 0 Å². The third kappa shape index (κ3) is 4.89. The lowest BCUT2D eigenvalue weighted by molar-refractivity contribution is -0.143. The summed E-state index contributed by atoms with van der Waals surface area (Å²) in [6.07, 6.45) is 0.503. The molecule has 2 saturated heterocycles. The highest BCUT2D eigenvalue weighted by Crippen LogP contribution is 2.24. The smallest absolute Gasteiger partial charge is 0.245 e. The number of likely N-dealkylation sites (N-methyl/N-ethyl adjacent to an activating group) is 1. The molecule has 182 valence electrons. The molecule has 0 unspecified atom stereocenters. The number of benzene rings is 2. The van der Waals surface area contributed by atoms with Crippen molar-refractivity contribution in [1.82, 2.24) is 19.4 Å². The maximum atomic E-state index is 13.0. The molecule has 0 aliphatic carbocycles. The molecule has 34 heavy (non-hydrogen) atoms. The van der Waals surface area contributed by atoms with Crippen molar-refractivity contribution in [2.24, 2.45) is 0 Å². The van der Waals surface area contributed by atoms with E-state index >= 15 is 0 Å². The van der Waals surface area contributed by atoms with Gasteiger partial charge in [0.15, 0.2) is 0 Å². The molecule has 0 spiro atoms. The summed E-state index contributed by atoms with van der Waals surface area (Å²) in [6.45, 7) is 3.05. The molecule has 2 aromatic rings. The zero-order valence-electron chi connectivity index (χ0n) is 19.0. The van der Waals surface area contributed by atoms with E-state index in [1.54, 1.807) is 48.0 Å². The van der Waals surface area contributed by atoms with E-state index in [0.29, 0.717) is 30.0 Å². The fourth-order valence-electron chi connectivity index (χ4n) is 4.36. The largest absolute Gasteiger partial charge is 0.344 e. The minimum absolute atomic E-state index is 0.0218. The quantitative estimate of drug-likeness (QED) is 0.660. The van der Waals surface area contributed by atoms with Gasteiger partial charge in [0.25, 0.3) is 0 Å². The Morgan fingerprint density at radius 3 is 2.53 bits per heavy atom. The molecule has 0 saturated carbocycles. The van der Waals surface area contributed by atoms with Crippen molar-refractivity contribution in [3.05, 3.63) is 41.4 Å². The summed E-state index contributed by atoms with van der Waals surface area (Å²) in [5, 5.41) is 2.08. The molecule has 3 amide bonds. The van der Waals surface area contributed by atoms with Gasteiger partial charge < -0.3 is 14.7 Å². The summed E-state index contributed by atoms with van der Waals surface area (Å²) in [7, 11) is -2.25. The predicted molar refractivity (Wildman–Crippen MR) is 128 cm³/mol. The molecule has 1 N–H and O–H groups in total. The molecule has 2 atom stereocenters. The van der Waals surface area contributed by atoms with Gasteiger partial charge >= 0.3 is 0 Å². The van der Waals surface area contributed by atoms with Gasteiger partial charge in [0.2, 0.25) is 27.7 Å². The monoisotopic (exact) mass is 506 g/mol. The second-order valence-electron chi connectivity index (χ2n) is 8.71. The van der Waals surface area contributed by atoms with Gasteiger partial charge in [0.1, 0.15) is 12.1 Å². The number of nitrogens with zero attached hydrogens (tertiary/aromatic N) is 3.